The highest BCUT2D eigenvalue weighted by molar-refractivity contribution is 6.30. The van der Waals surface area contributed by atoms with E-state index in [-0.39, 0.29) is 18.9 Å². The van der Waals surface area contributed by atoms with Crippen LogP contribution in [0.15, 0.2) is 30.5 Å². The van der Waals surface area contributed by atoms with Gasteiger partial charge in [0, 0.05) is 56.1 Å². The number of halogens is 1. The van der Waals surface area contributed by atoms with Crippen LogP contribution in [0.4, 0.5) is 0 Å². The molecule has 186 valence electrons. The van der Waals surface area contributed by atoms with Crippen molar-refractivity contribution in [1.82, 2.24) is 19.8 Å². The molecule has 8 nitrogen and oxygen atoms in total. The lowest BCUT2D eigenvalue weighted by atomic mass is 9.96. The fourth-order valence-corrected chi connectivity index (χ4v) is 4.57. The van der Waals surface area contributed by atoms with Gasteiger partial charge >= 0.3 is 0 Å². The molecule has 1 amide bonds. The summed E-state index contributed by atoms with van der Waals surface area (Å²) < 4.78 is 17.8. The van der Waals surface area contributed by atoms with Crippen LogP contribution in [0.1, 0.15) is 37.7 Å². The summed E-state index contributed by atoms with van der Waals surface area (Å²) in [5.41, 5.74) is 0.346. The summed E-state index contributed by atoms with van der Waals surface area (Å²) >= 11 is 6.01. The molecule has 3 heterocycles. The lowest BCUT2D eigenvalue weighted by molar-refractivity contribution is -0.159. The highest BCUT2D eigenvalue weighted by atomic mass is 35.5. The van der Waals surface area contributed by atoms with Crippen LogP contribution in [0, 0.1) is 0 Å². The first-order valence-electron chi connectivity index (χ1n) is 12.2. The molecule has 1 aromatic carbocycles. The molecule has 2 aliphatic heterocycles. The maximum atomic E-state index is 13.2. The summed E-state index contributed by atoms with van der Waals surface area (Å²) in [4.78, 5) is 25.3. The molecule has 1 atom stereocenters. The first-order chi connectivity index (χ1) is 16.5. The minimum absolute atomic E-state index is 0.0771. The molecule has 0 saturated carbocycles. The molecular formula is C25H35ClN4O4. The largest absolute Gasteiger partial charge is 0.491 e. The van der Waals surface area contributed by atoms with Gasteiger partial charge in [0.25, 0.3) is 0 Å². The van der Waals surface area contributed by atoms with Crippen molar-refractivity contribution in [2.45, 2.75) is 44.8 Å². The molecule has 1 N–H and O–H groups in total. The molecule has 9 heteroatoms. The number of ether oxygens (including phenoxy) is 3. The van der Waals surface area contributed by atoms with Crippen molar-refractivity contribution in [3.05, 3.63) is 47.0 Å². The monoisotopic (exact) mass is 490 g/mol. The third-order valence-electron chi connectivity index (χ3n) is 6.32. The summed E-state index contributed by atoms with van der Waals surface area (Å²) in [6, 6.07) is 7.27. The lowest BCUT2D eigenvalue weighted by Gasteiger charge is -2.43. The predicted molar refractivity (Wildman–Crippen MR) is 130 cm³/mol. The van der Waals surface area contributed by atoms with Gasteiger partial charge in [-0.05, 0) is 30.7 Å². The molecule has 0 aliphatic carbocycles. The normalized spacial score (nSPS) is 21.5. The number of nitrogens with zero attached hydrogens (tertiary/aromatic N) is 3. The van der Waals surface area contributed by atoms with Crippen LogP contribution < -0.4 is 4.74 Å². The van der Waals surface area contributed by atoms with Gasteiger partial charge in [-0.2, -0.15) is 0 Å². The Balaban J connectivity index is 1.44. The highest BCUT2D eigenvalue weighted by Crippen LogP contribution is 2.27. The van der Waals surface area contributed by atoms with E-state index in [1.165, 1.54) is 0 Å². The maximum Gasteiger partial charge on any atom is 0.225 e. The van der Waals surface area contributed by atoms with Crippen molar-refractivity contribution >= 4 is 17.5 Å². The summed E-state index contributed by atoms with van der Waals surface area (Å²) in [5.74, 6) is 1.82. The number of unbranched alkanes of at least 4 members (excludes halogenated alkanes) is 1. The van der Waals surface area contributed by atoms with Gasteiger partial charge in [-0.15, -0.1) is 0 Å². The topological polar surface area (TPSA) is 79.9 Å². The number of aryl methyl sites for hydroxylation is 1. The second-order valence-electron chi connectivity index (χ2n) is 9.11. The van der Waals surface area contributed by atoms with Crippen molar-refractivity contribution in [3.8, 4) is 5.75 Å². The van der Waals surface area contributed by atoms with Crippen molar-refractivity contribution in [1.29, 1.82) is 0 Å². The van der Waals surface area contributed by atoms with E-state index in [4.69, 9.17) is 25.8 Å². The summed E-state index contributed by atoms with van der Waals surface area (Å²) in [6.07, 6.45) is 5.42. The zero-order chi connectivity index (χ0) is 23.8. The Bertz CT molecular complexity index is 916. The van der Waals surface area contributed by atoms with Crippen LogP contribution in [-0.4, -0.2) is 83.9 Å². The average molecular weight is 491 g/mol. The standard InChI is InChI=1S/C25H35ClN4O4/c1-2-3-4-23-27-16-21(28-23)17-29-9-14-34-25(18-29,15-24(31)30-10-12-32-13-11-30)19-33-22-7-5-20(26)6-8-22/h5-8,16H,2-4,9-15,17-19H2,1H3,(H,27,28). The number of aromatic nitrogens is 2. The third-order valence-corrected chi connectivity index (χ3v) is 6.57. The van der Waals surface area contributed by atoms with E-state index in [9.17, 15) is 4.79 Å². The van der Waals surface area contributed by atoms with E-state index in [1.54, 1.807) is 12.1 Å². The molecule has 2 saturated heterocycles. The number of morpholine rings is 2. The van der Waals surface area contributed by atoms with Gasteiger partial charge in [-0.3, -0.25) is 9.69 Å². The molecule has 0 radical (unpaired) electrons. The summed E-state index contributed by atoms with van der Waals surface area (Å²) in [6.45, 7) is 7.51. The van der Waals surface area contributed by atoms with E-state index in [2.05, 4.69) is 21.8 Å². The van der Waals surface area contributed by atoms with Gasteiger partial charge in [0.05, 0.1) is 26.2 Å². The number of aromatic amines is 1. The van der Waals surface area contributed by atoms with Gasteiger partial charge in [0.15, 0.2) is 0 Å². The Kier molecular flexibility index (Phi) is 8.83. The van der Waals surface area contributed by atoms with E-state index in [1.807, 2.05) is 23.2 Å². The minimum atomic E-state index is -0.738. The molecule has 2 aliphatic rings. The van der Waals surface area contributed by atoms with Crippen LogP contribution >= 0.6 is 11.6 Å². The number of imidazole rings is 1. The second-order valence-corrected chi connectivity index (χ2v) is 9.55. The smallest absolute Gasteiger partial charge is 0.225 e. The Labute approximate surface area is 206 Å². The van der Waals surface area contributed by atoms with Crippen LogP contribution in [-0.2, 0) is 27.2 Å². The zero-order valence-electron chi connectivity index (χ0n) is 19.9. The number of benzene rings is 1. The number of rotatable bonds is 10. The van der Waals surface area contributed by atoms with Crippen molar-refractivity contribution < 1.29 is 19.0 Å². The van der Waals surface area contributed by atoms with Crippen molar-refractivity contribution in [3.63, 3.8) is 0 Å². The number of nitrogens with one attached hydrogen (secondary N) is 1. The number of carbonyl (C=O) groups excluding carboxylic acids is 1. The van der Waals surface area contributed by atoms with Gasteiger partial charge in [-0.25, -0.2) is 4.98 Å². The van der Waals surface area contributed by atoms with Gasteiger partial charge in [0.2, 0.25) is 5.91 Å². The molecule has 0 bridgehead atoms. The number of amides is 1. The number of H-pyrrole nitrogens is 1. The fraction of sp³-hybridized carbons (Fsp3) is 0.600. The first kappa shape index (κ1) is 25.0. The van der Waals surface area contributed by atoms with Gasteiger partial charge in [0.1, 0.15) is 23.8 Å². The van der Waals surface area contributed by atoms with Crippen LogP contribution in [0.3, 0.4) is 0 Å². The molecule has 0 spiro atoms. The molecule has 34 heavy (non-hydrogen) atoms. The Morgan fingerprint density at radius 1 is 1.21 bits per heavy atom. The fourth-order valence-electron chi connectivity index (χ4n) is 4.45. The Morgan fingerprint density at radius 3 is 2.76 bits per heavy atom. The zero-order valence-corrected chi connectivity index (χ0v) is 20.7. The van der Waals surface area contributed by atoms with Crippen LogP contribution in [0.2, 0.25) is 5.02 Å². The van der Waals surface area contributed by atoms with Gasteiger partial charge < -0.3 is 24.1 Å². The van der Waals surface area contributed by atoms with Gasteiger partial charge in [-0.1, -0.05) is 24.9 Å². The SMILES string of the molecule is CCCCc1ncc(CN2CCOC(COc3ccc(Cl)cc3)(CC(=O)N3CCOCC3)C2)[nH]1. The third kappa shape index (κ3) is 6.95. The number of carbonyl (C=O) groups is 1. The highest BCUT2D eigenvalue weighted by Gasteiger charge is 2.41. The van der Waals surface area contributed by atoms with Crippen LogP contribution in [0.25, 0.3) is 0 Å². The molecular weight excluding hydrogens is 456 g/mol. The minimum Gasteiger partial charge on any atom is -0.491 e. The molecule has 4 rings (SSSR count). The quantitative estimate of drug-likeness (QED) is 0.550. The molecule has 2 fully saturated rings. The number of hydrogen-bond donors (Lipinski definition) is 1. The lowest BCUT2D eigenvalue weighted by Crippen LogP contribution is -2.57. The summed E-state index contributed by atoms with van der Waals surface area (Å²) in [7, 11) is 0. The van der Waals surface area contributed by atoms with Crippen LogP contribution in [0.5, 0.6) is 5.75 Å². The van der Waals surface area contributed by atoms with E-state index >= 15 is 0 Å². The van der Waals surface area contributed by atoms with Crippen molar-refractivity contribution in [2.75, 3.05) is 52.6 Å². The van der Waals surface area contributed by atoms with E-state index < -0.39 is 5.60 Å². The first-order valence-corrected chi connectivity index (χ1v) is 12.6. The summed E-state index contributed by atoms with van der Waals surface area (Å²) in [5, 5.41) is 0.655. The van der Waals surface area contributed by atoms with E-state index in [0.29, 0.717) is 50.2 Å². The number of hydrogen-bond acceptors (Lipinski definition) is 6. The molecule has 1 aromatic heterocycles. The maximum absolute atomic E-state index is 13.2. The second kappa shape index (κ2) is 12.0. The Hall–Kier alpha value is -2.13. The Morgan fingerprint density at radius 2 is 2.00 bits per heavy atom. The predicted octanol–water partition coefficient (Wildman–Crippen LogP) is 3.30. The molecule has 1 unspecified atom stereocenters. The van der Waals surface area contributed by atoms with Crippen molar-refractivity contribution in [2.24, 2.45) is 0 Å². The average Bonchev–Trinajstić information content (AvgIpc) is 3.30. The molecule has 2 aromatic rings. The van der Waals surface area contributed by atoms with E-state index in [0.717, 1.165) is 43.9 Å².